The highest BCUT2D eigenvalue weighted by Gasteiger charge is 2.03. The lowest BCUT2D eigenvalue weighted by Crippen LogP contribution is -2.19. The molecule has 0 aliphatic carbocycles. The molecule has 0 aromatic heterocycles. The number of hydrogen-bond acceptors (Lipinski definition) is 3. The summed E-state index contributed by atoms with van der Waals surface area (Å²) in [5.41, 5.74) is 0. The summed E-state index contributed by atoms with van der Waals surface area (Å²) in [6.07, 6.45) is 5.84. The van der Waals surface area contributed by atoms with Gasteiger partial charge in [0.1, 0.15) is 5.75 Å². The van der Waals surface area contributed by atoms with Crippen LogP contribution in [0.4, 0.5) is 0 Å². The van der Waals surface area contributed by atoms with Crippen molar-refractivity contribution in [2.45, 2.75) is 44.1 Å². The maximum Gasteiger partial charge on any atom is 0.119 e. The average molecular weight is 267 g/mol. The Morgan fingerprint density at radius 1 is 1.22 bits per heavy atom. The van der Waals surface area contributed by atoms with Crippen molar-refractivity contribution in [3.05, 3.63) is 24.3 Å². The third kappa shape index (κ3) is 6.31. The number of hydrogen-bond donors (Lipinski definition) is 1. The zero-order valence-electron chi connectivity index (χ0n) is 11.7. The van der Waals surface area contributed by atoms with Crippen LogP contribution >= 0.6 is 11.8 Å². The van der Waals surface area contributed by atoms with Gasteiger partial charge in [-0.1, -0.05) is 6.92 Å². The molecule has 1 rings (SSSR count). The Morgan fingerprint density at radius 3 is 2.56 bits per heavy atom. The highest BCUT2D eigenvalue weighted by Crippen LogP contribution is 2.20. The number of benzene rings is 1. The van der Waals surface area contributed by atoms with E-state index >= 15 is 0 Å². The van der Waals surface area contributed by atoms with Crippen molar-refractivity contribution in [3.63, 3.8) is 0 Å². The van der Waals surface area contributed by atoms with Crippen molar-refractivity contribution in [1.82, 2.24) is 5.32 Å². The van der Waals surface area contributed by atoms with Crippen molar-refractivity contribution >= 4 is 11.8 Å². The minimum Gasteiger partial charge on any atom is -0.491 e. The van der Waals surface area contributed by atoms with Crippen molar-refractivity contribution in [1.29, 1.82) is 0 Å². The SMILES string of the molecule is CCCNCCCC(C)Oc1ccc(SC)cc1. The normalized spacial score (nSPS) is 12.4. The minimum absolute atomic E-state index is 0.286. The molecule has 0 saturated heterocycles. The Bertz CT molecular complexity index is 313. The van der Waals surface area contributed by atoms with Crippen LogP contribution in [0, 0.1) is 0 Å². The van der Waals surface area contributed by atoms with Crippen LogP contribution in [0.5, 0.6) is 5.75 Å². The van der Waals surface area contributed by atoms with E-state index in [1.807, 2.05) is 0 Å². The van der Waals surface area contributed by atoms with Gasteiger partial charge in [0.2, 0.25) is 0 Å². The van der Waals surface area contributed by atoms with Crippen LogP contribution in [0.2, 0.25) is 0 Å². The molecule has 2 nitrogen and oxygen atoms in total. The molecule has 18 heavy (non-hydrogen) atoms. The van der Waals surface area contributed by atoms with Gasteiger partial charge in [0.15, 0.2) is 0 Å². The highest BCUT2D eigenvalue weighted by molar-refractivity contribution is 7.98. The first-order valence-electron chi connectivity index (χ1n) is 6.77. The van der Waals surface area contributed by atoms with E-state index in [9.17, 15) is 0 Å². The Balaban J connectivity index is 2.20. The van der Waals surface area contributed by atoms with Gasteiger partial charge in [0.05, 0.1) is 6.10 Å². The summed E-state index contributed by atoms with van der Waals surface area (Å²) in [4.78, 5) is 1.28. The molecule has 0 spiro atoms. The van der Waals surface area contributed by atoms with E-state index in [-0.39, 0.29) is 6.10 Å². The van der Waals surface area contributed by atoms with Crippen LogP contribution in [0.1, 0.15) is 33.1 Å². The summed E-state index contributed by atoms with van der Waals surface area (Å²) in [5.74, 6) is 0.974. The third-order valence-corrected chi connectivity index (χ3v) is 3.53. The fraction of sp³-hybridized carbons (Fsp3) is 0.600. The monoisotopic (exact) mass is 267 g/mol. The Labute approximate surface area is 116 Å². The predicted molar refractivity (Wildman–Crippen MR) is 80.7 cm³/mol. The third-order valence-electron chi connectivity index (χ3n) is 2.79. The molecule has 0 heterocycles. The van der Waals surface area contributed by atoms with Gasteiger partial charge < -0.3 is 10.1 Å². The van der Waals surface area contributed by atoms with Crippen molar-refractivity contribution < 1.29 is 4.74 Å². The minimum atomic E-state index is 0.286. The molecule has 3 heteroatoms. The van der Waals surface area contributed by atoms with Crippen LogP contribution in [0.3, 0.4) is 0 Å². The van der Waals surface area contributed by atoms with Crippen LogP contribution in [-0.2, 0) is 0 Å². The summed E-state index contributed by atoms with van der Waals surface area (Å²) in [7, 11) is 0. The highest BCUT2D eigenvalue weighted by atomic mass is 32.2. The van der Waals surface area contributed by atoms with Gasteiger partial charge >= 0.3 is 0 Å². The van der Waals surface area contributed by atoms with Crippen molar-refractivity contribution in [2.75, 3.05) is 19.3 Å². The van der Waals surface area contributed by atoms with Crippen LogP contribution < -0.4 is 10.1 Å². The van der Waals surface area contributed by atoms with E-state index in [4.69, 9.17) is 4.74 Å². The van der Waals surface area contributed by atoms with Crippen LogP contribution in [0.15, 0.2) is 29.2 Å². The van der Waals surface area contributed by atoms with Gasteiger partial charge in [-0.25, -0.2) is 0 Å². The molecular formula is C15H25NOS. The molecular weight excluding hydrogens is 242 g/mol. The van der Waals surface area contributed by atoms with Crippen molar-refractivity contribution in [3.8, 4) is 5.75 Å². The van der Waals surface area contributed by atoms with E-state index in [0.717, 1.165) is 25.3 Å². The molecule has 102 valence electrons. The van der Waals surface area contributed by atoms with Gasteiger partial charge in [0, 0.05) is 4.90 Å². The van der Waals surface area contributed by atoms with E-state index in [0.29, 0.717) is 0 Å². The van der Waals surface area contributed by atoms with Crippen LogP contribution in [0.25, 0.3) is 0 Å². The zero-order valence-corrected chi connectivity index (χ0v) is 12.6. The molecule has 0 radical (unpaired) electrons. The number of thioether (sulfide) groups is 1. The lowest BCUT2D eigenvalue weighted by atomic mass is 10.2. The lowest BCUT2D eigenvalue weighted by Gasteiger charge is -2.15. The number of rotatable bonds is 9. The van der Waals surface area contributed by atoms with E-state index in [1.165, 1.54) is 17.7 Å². The molecule has 0 aliphatic rings. The second-order valence-corrected chi connectivity index (χ2v) is 5.38. The predicted octanol–water partition coefficient (Wildman–Crippen LogP) is 3.96. The number of nitrogens with one attached hydrogen (secondary N) is 1. The quantitative estimate of drug-likeness (QED) is 0.540. The lowest BCUT2D eigenvalue weighted by molar-refractivity contribution is 0.207. The first-order chi connectivity index (χ1) is 8.76. The van der Waals surface area contributed by atoms with E-state index in [2.05, 4.69) is 49.7 Å². The first kappa shape index (κ1) is 15.4. The summed E-state index contributed by atoms with van der Waals surface area (Å²) < 4.78 is 5.88. The summed E-state index contributed by atoms with van der Waals surface area (Å²) in [6.45, 7) is 6.54. The molecule has 0 amide bonds. The largest absolute Gasteiger partial charge is 0.491 e. The average Bonchev–Trinajstić information content (AvgIpc) is 2.39. The van der Waals surface area contributed by atoms with Crippen molar-refractivity contribution in [2.24, 2.45) is 0 Å². The topological polar surface area (TPSA) is 21.3 Å². The fourth-order valence-electron chi connectivity index (χ4n) is 1.76. The Hall–Kier alpha value is -0.670. The molecule has 1 unspecified atom stereocenters. The second-order valence-electron chi connectivity index (χ2n) is 4.50. The summed E-state index contributed by atoms with van der Waals surface area (Å²) >= 11 is 1.75. The summed E-state index contributed by atoms with van der Waals surface area (Å²) in [5, 5.41) is 3.41. The standard InChI is InChI=1S/C15H25NOS/c1-4-11-16-12-5-6-13(2)17-14-7-9-15(18-3)10-8-14/h7-10,13,16H,4-6,11-12H2,1-3H3. The summed E-state index contributed by atoms with van der Waals surface area (Å²) in [6, 6.07) is 8.32. The van der Waals surface area contributed by atoms with E-state index in [1.54, 1.807) is 11.8 Å². The first-order valence-corrected chi connectivity index (χ1v) is 8.00. The molecule has 1 N–H and O–H groups in total. The van der Waals surface area contributed by atoms with Crippen LogP contribution in [-0.4, -0.2) is 25.4 Å². The Morgan fingerprint density at radius 2 is 1.94 bits per heavy atom. The van der Waals surface area contributed by atoms with E-state index < -0.39 is 0 Å². The molecule has 0 saturated carbocycles. The van der Waals surface area contributed by atoms with Gasteiger partial charge in [0.25, 0.3) is 0 Å². The maximum atomic E-state index is 5.88. The maximum absolute atomic E-state index is 5.88. The molecule has 1 atom stereocenters. The van der Waals surface area contributed by atoms with Gasteiger partial charge in [-0.2, -0.15) is 0 Å². The molecule has 1 aromatic rings. The second kappa shape index (κ2) is 9.29. The molecule has 0 bridgehead atoms. The molecule has 0 aliphatic heterocycles. The van der Waals surface area contributed by atoms with Gasteiger partial charge in [-0.15, -0.1) is 11.8 Å². The van der Waals surface area contributed by atoms with Gasteiger partial charge in [-0.3, -0.25) is 0 Å². The molecule has 0 fully saturated rings. The zero-order chi connectivity index (χ0) is 13.2. The Kier molecular flexibility index (Phi) is 7.94. The smallest absolute Gasteiger partial charge is 0.119 e. The number of ether oxygens (including phenoxy) is 1. The molecule has 1 aromatic carbocycles. The van der Waals surface area contributed by atoms with Gasteiger partial charge in [-0.05, 0) is 69.8 Å². The fourth-order valence-corrected chi connectivity index (χ4v) is 2.17.